The largest absolute Gasteiger partial charge is 0.490 e. The van der Waals surface area contributed by atoms with Crippen LogP contribution in [0.3, 0.4) is 0 Å². The molecular weight excluding hydrogens is 548 g/mol. The average molecular weight is 575 g/mol. The van der Waals surface area contributed by atoms with Gasteiger partial charge in [0.05, 0.1) is 17.9 Å². The fourth-order valence-electron chi connectivity index (χ4n) is 5.51. The number of para-hydroxylation sites is 1. The Morgan fingerprint density at radius 3 is 2.55 bits per heavy atom. The maximum absolute atomic E-state index is 13.9. The number of hydrogen-bond donors (Lipinski definition) is 0. The number of nitrogens with zero attached hydrogens (tertiary/aromatic N) is 4. The molecule has 208 valence electrons. The number of fused-ring (bicyclic) bond motifs is 1. The second-order valence-corrected chi connectivity index (χ2v) is 11.0. The molecule has 0 N–H and O–H groups in total. The van der Waals surface area contributed by atoms with E-state index in [0.29, 0.717) is 27.4 Å². The highest BCUT2D eigenvalue weighted by Crippen LogP contribution is 2.38. The molecule has 2 aliphatic heterocycles. The van der Waals surface area contributed by atoms with Gasteiger partial charge in [-0.05, 0) is 79.4 Å². The van der Waals surface area contributed by atoms with E-state index in [1.165, 1.54) is 0 Å². The molecule has 42 heavy (non-hydrogen) atoms. The summed E-state index contributed by atoms with van der Waals surface area (Å²) in [6, 6.07) is 22.9. The molecule has 2 amide bonds. The van der Waals surface area contributed by atoms with Gasteiger partial charge in [0.15, 0.2) is 0 Å². The molecule has 8 heteroatoms. The maximum Gasteiger partial charge on any atom is 0.271 e. The second-order valence-electron chi connectivity index (χ2n) is 10.6. The number of carbonyl (C=O) groups excluding carboxylic acids is 2. The van der Waals surface area contributed by atoms with Gasteiger partial charge < -0.3 is 4.74 Å². The van der Waals surface area contributed by atoms with Crippen LogP contribution in [0.4, 0.5) is 0 Å². The van der Waals surface area contributed by atoms with E-state index in [4.69, 9.17) is 21.4 Å². The minimum absolute atomic E-state index is 0.0501. The number of nitriles is 1. The Bertz CT molecular complexity index is 1860. The summed E-state index contributed by atoms with van der Waals surface area (Å²) in [7, 11) is 0. The second kappa shape index (κ2) is 10.8. The lowest BCUT2D eigenvalue weighted by Crippen LogP contribution is -2.42. The Morgan fingerprint density at radius 1 is 1.07 bits per heavy atom. The van der Waals surface area contributed by atoms with Crippen LogP contribution >= 0.6 is 11.6 Å². The van der Waals surface area contributed by atoms with E-state index < -0.39 is 11.8 Å². The number of aromatic nitrogens is 2. The lowest BCUT2D eigenvalue weighted by atomic mass is 9.92. The minimum Gasteiger partial charge on any atom is -0.490 e. The highest BCUT2D eigenvalue weighted by Gasteiger charge is 2.36. The summed E-state index contributed by atoms with van der Waals surface area (Å²) in [5.41, 5.74) is 6.32. The molecule has 6 rings (SSSR count). The van der Waals surface area contributed by atoms with Crippen LogP contribution < -0.4 is 4.74 Å². The van der Waals surface area contributed by atoms with Crippen LogP contribution in [0.1, 0.15) is 36.1 Å². The van der Waals surface area contributed by atoms with Gasteiger partial charge in [-0.1, -0.05) is 48.0 Å². The molecule has 0 fully saturated rings. The molecule has 1 unspecified atom stereocenters. The van der Waals surface area contributed by atoms with Gasteiger partial charge in [-0.25, -0.2) is 4.68 Å². The van der Waals surface area contributed by atoms with E-state index in [1.807, 2.05) is 62.5 Å². The number of amides is 2. The van der Waals surface area contributed by atoms with E-state index >= 15 is 0 Å². The van der Waals surface area contributed by atoms with Crippen molar-refractivity contribution >= 4 is 29.5 Å². The number of imide groups is 1. The molecule has 0 spiro atoms. The molecule has 0 bridgehead atoms. The first-order valence-electron chi connectivity index (χ1n) is 13.6. The topological polar surface area (TPSA) is 88.2 Å². The summed E-state index contributed by atoms with van der Waals surface area (Å²) in [4.78, 5) is 28.3. The van der Waals surface area contributed by atoms with Crippen LogP contribution in [0.5, 0.6) is 5.75 Å². The first-order chi connectivity index (χ1) is 20.2. The third-order valence-electron chi connectivity index (χ3n) is 7.63. The van der Waals surface area contributed by atoms with Crippen molar-refractivity contribution in [3.05, 3.63) is 117 Å². The number of benzene rings is 3. The van der Waals surface area contributed by atoms with Crippen molar-refractivity contribution in [1.82, 2.24) is 14.7 Å². The van der Waals surface area contributed by atoms with Crippen molar-refractivity contribution in [3.8, 4) is 28.8 Å². The smallest absolute Gasteiger partial charge is 0.271 e. The standard InChI is InChI=1S/C34H27ClN4O3/c1-20-13-24(15-25-14-21(2)42-32(20)25)31-26(19-39(37-31)27-10-5-4-6-11-27)16-28-22(3)29(17-36)34(41)38(33(28)40)18-23-9-7-8-12-30(23)35/h4-13,15-16,19,21H,14,18H2,1-3H3/b28-16+. The van der Waals surface area contributed by atoms with Crippen LogP contribution in [-0.4, -0.2) is 32.6 Å². The van der Waals surface area contributed by atoms with Crippen molar-refractivity contribution in [2.45, 2.75) is 39.8 Å². The quantitative estimate of drug-likeness (QED) is 0.197. The van der Waals surface area contributed by atoms with Gasteiger partial charge in [-0.2, -0.15) is 10.4 Å². The number of hydrogen-bond acceptors (Lipinski definition) is 5. The molecule has 2 aliphatic rings. The number of carbonyl (C=O) groups is 2. The van der Waals surface area contributed by atoms with Gasteiger partial charge in [0, 0.05) is 34.3 Å². The Balaban J connectivity index is 1.51. The summed E-state index contributed by atoms with van der Waals surface area (Å²) in [5, 5.41) is 15.3. The Hall–Kier alpha value is -4.93. The van der Waals surface area contributed by atoms with Crippen molar-refractivity contribution in [2.24, 2.45) is 0 Å². The van der Waals surface area contributed by atoms with Crippen LogP contribution in [0.15, 0.2) is 89.6 Å². The predicted octanol–water partition coefficient (Wildman–Crippen LogP) is 6.62. The number of ether oxygens (including phenoxy) is 1. The monoisotopic (exact) mass is 574 g/mol. The predicted molar refractivity (Wildman–Crippen MR) is 161 cm³/mol. The molecule has 1 atom stereocenters. The molecule has 1 aromatic heterocycles. The van der Waals surface area contributed by atoms with Crippen molar-refractivity contribution in [3.63, 3.8) is 0 Å². The Morgan fingerprint density at radius 2 is 1.81 bits per heavy atom. The summed E-state index contributed by atoms with van der Waals surface area (Å²) < 4.78 is 7.79. The average Bonchev–Trinajstić information content (AvgIpc) is 3.58. The zero-order valence-electron chi connectivity index (χ0n) is 23.4. The van der Waals surface area contributed by atoms with Gasteiger partial charge in [0.1, 0.15) is 23.5 Å². The van der Waals surface area contributed by atoms with Crippen LogP contribution in [0.2, 0.25) is 5.02 Å². The molecule has 0 radical (unpaired) electrons. The number of rotatable bonds is 5. The van der Waals surface area contributed by atoms with E-state index in [0.717, 1.165) is 39.4 Å². The maximum atomic E-state index is 13.9. The van der Waals surface area contributed by atoms with Crippen molar-refractivity contribution in [2.75, 3.05) is 0 Å². The van der Waals surface area contributed by atoms with Crippen LogP contribution in [0, 0.1) is 18.3 Å². The lowest BCUT2D eigenvalue weighted by molar-refractivity contribution is -0.141. The molecule has 4 aromatic rings. The van der Waals surface area contributed by atoms with Gasteiger partial charge in [-0.15, -0.1) is 0 Å². The summed E-state index contributed by atoms with van der Waals surface area (Å²) in [5.74, 6) is -0.231. The van der Waals surface area contributed by atoms with Gasteiger partial charge in [0.25, 0.3) is 11.8 Å². The SMILES string of the molecule is CC1=C(C#N)C(=O)N(Cc2ccccc2Cl)C(=O)/C1=C/c1cn(-c2ccccc2)nc1-c1cc(C)c2c(c1)CC(C)O2. The fraction of sp³-hybridized carbons (Fsp3) is 0.176. The first kappa shape index (κ1) is 27.3. The third-order valence-corrected chi connectivity index (χ3v) is 7.99. The van der Waals surface area contributed by atoms with Crippen molar-refractivity contribution in [1.29, 1.82) is 5.26 Å². The normalized spacial score (nSPS) is 17.5. The van der Waals surface area contributed by atoms with E-state index in [-0.39, 0.29) is 23.8 Å². The van der Waals surface area contributed by atoms with E-state index in [2.05, 4.69) is 6.07 Å². The van der Waals surface area contributed by atoms with Gasteiger partial charge >= 0.3 is 0 Å². The number of halogens is 1. The van der Waals surface area contributed by atoms with Gasteiger partial charge in [-0.3, -0.25) is 14.5 Å². The fourth-order valence-corrected chi connectivity index (χ4v) is 5.71. The van der Waals surface area contributed by atoms with Gasteiger partial charge in [0.2, 0.25) is 0 Å². The molecule has 3 aromatic carbocycles. The lowest BCUT2D eigenvalue weighted by Gasteiger charge is -2.27. The summed E-state index contributed by atoms with van der Waals surface area (Å²) in [6.45, 7) is 5.64. The molecule has 3 heterocycles. The van der Waals surface area contributed by atoms with Crippen LogP contribution in [-0.2, 0) is 22.6 Å². The zero-order valence-corrected chi connectivity index (χ0v) is 24.1. The van der Waals surface area contributed by atoms with Crippen molar-refractivity contribution < 1.29 is 14.3 Å². The number of aryl methyl sites for hydroxylation is 1. The van der Waals surface area contributed by atoms with E-state index in [1.54, 1.807) is 41.9 Å². The highest BCUT2D eigenvalue weighted by atomic mass is 35.5. The molecule has 0 saturated heterocycles. The molecule has 0 aliphatic carbocycles. The molecule has 7 nitrogen and oxygen atoms in total. The summed E-state index contributed by atoms with van der Waals surface area (Å²) >= 11 is 6.35. The summed E-state index contributed by atoms with van der Waals surface area (Å²) in [6.07, 6.45) is 4.48. The highest BCUT2D eigenvalue weighted by molar-refractivity contribution is 6.31. The molecule has 0 saturated carbocycles. The molecular formula is C34H27ClN4O3. The third kappa shape index (κ3) is 4.80. The zero-order chi connectivity index (χ0) is 29.5. The first-order valence-corrected chi connectivity index (χ1v) is 14.0. The Kier molecular flexibility index (Phi) is 7.01. The minimum atomic E-state index is -0.638. The van der Waals surface area contributed by atoms with Crippen LogP contribution in [0.25, 0.3) is 23.0 Å². The van der Waals surface area contributed by atoms with E-state index in [9.17, 15) is 14.9 Å². The Labute approximate surface area is 248 Å².